The maximum atomic E-state index is 5.42. The van der Waals surface area contributed by atoms with Gasteiger partial charge in [0.15, 0.2) is 0 Å². The predicted molar refractivity (Wildman–Crippen MR) is 122 cm³/mol. The number of benzene rings is 2. The fourth-order valence-corrected chi connectivity index (χ4v) is 3.68. The normalized spacial score (nSPS) is 13.9. The predicted octanol–water partition coefficient (Wildman–Crippen LogP) is 4.28. The second-order valence-electron chi connectivity index (χ2n) is 7.31. The van der Waals surface area contributed by atoms with E-state index in [1.54, 1.807) is 13.4 Å². The third-order valence-corrected chi connectivity index (χ3v) is 5.41. The minimum absolute atomic E-state index is 0.751. The van der Waals surface area contributed by atoms with Crippen LogP contribution in [0.5, 0.6) is 5.75 Å². The van der Waals surface area contributed by atoms with Crippen LogP contribution in [0.3, 0.4) is 0 Å². The van der Waals surface area contributed by atoms with Crippen LogP contribution >= 0.6 is 0 Å². The minimum atomic E-state index is 0.751. The number of hydrogen-bond acceptors (Lipinski definition) is 7. The third kappa shape index (κ3) is 4.13. The first-order valence-electron chi connectivity index (χ1n) is 10.2. The number of methoxy groups -OCH3 is 1. The van der Waals surface area contributed by atoms with Crippen molar-refractivity contribution in [3.8, 4) is 16.9 Å². The molecule has 1 fully saturated rings. The molecule has 4 aromatic rings. The minimum Gasteiger partial charge on any atom is -0.497 e. The summed E-state index contributed by atoms with van der Waals surface area (Å²) in [7, 11) is 1.66. The van der Waals surface area contributed by atoms with Crippen molar-refractivity contribution in [2.45, 2.75) is 0 Å². The Balaban J connectivity index is 1.40. The second-order valence-corrected chi connectivity index (χ2v) is 7.31. The SMILES string of the molecule is COc1ccc(Nc2ncnc3cc(-c4ccc(N5CCOCC5)nc4)ccc23)cc1. The Bertz CT molecular complexity index is 1170. The molecule has 156 valence electrons. The second kappa shape index (κ2) is 8.57. The summed E-state index contributed by atoms with van der Waals surface area (Å²) in [4.78, 5) is 15.8. The Morgan fingerprint density at radius 2 is 1.71 bits per heavy atom. The largest absolute Gasteiger partial charge is 0.497 e. The number of morpholine rings is 1. The molecule has 5 rings (SSSR count). The average molecular weight is 413 g/mol. The van der Waals surface area contributed by atoms with E-state index >= 15 is 0 Å². The van der Waals surface area contributed by atoms with Gasteiger partial charge in [-0.3, -0.25) is 0 Å². The first-order valence-corrected chi connectivity index (χ1v) is 10.2. The zero-order valence-corrected chi connectivity index (χ0v) is 17.3. The lowest BCUT2D eigenvalue weighted by Gasteiger charge is -2.27. The smallest absolute Gasteiger partial charge is 0.141 e. The van der Waals surface area contributed by atoms with Crippen molar-refractivity contribution in [3.05, 3.63) is 67.1 Å². The van der Waals surface area contributed by atoms with Gasteiger partial charge in [-0.25, -0.2) is 15.0 Å². The molecule has 0 unspecified atom stereocenters. The van der Waals surface area contributed by atoms with Crippen molar-refractivity contribution in [3.63, 3.8) is 0 Å². The van der Waals surface area contributed by atoms with E-state index in [1.165, 1.54) is 0 Å². The quantitative estimate of drug-likeness (QED) is 0.523. The molecular formula is C24H23N5O2. The molecule has 31 heavy (non-hydrogen) atoms. The van der Waals surface area contributed by atoms with Crippen molar-refractivity contribution >= 4 is 28.2 Å². The molecule has 0 amide bonds. The summed E-state index contributed by atoms with van der Waals surface area (Å²) in [6.07, 6.45) is 3.50. The number of hydrogen-bond donors (Lipinski definition) is 1. The van der Waals surface area contributed by atoms with Crippen molar-refractivity contribution in [1.82, 2.24) is 15.0 Å². The van der Waals surface area contributed by atoms with E-state index in [1.807, 2.05) is 36.5 Å². The van der Waals surface area contributed by atoms with E-state index in [9.17, 15) is 0 Å². The lowest BCUT2D eigenvalue weighted by atomic mass is 10.1. The maximum absolute atomic E-state index is 5.42. The molecule has 0 aliphatic carbocycles. The zero-order chi connectivity index (χ0) is 21.0. The molecular weight excluding hydrogens is 390 g/mol. The lowest BCUT2D eigenvalue weighted by molar-refractivity contribution is 0.122. The first-order chi connectivity index (χ1) is 15.3. The van der Waals surface area contributed by atoms with E-state index in [0.717, 1.165) is 71.4 Å². The van der Waals surface area contributed by atoms with Crippen LogP contribution in [0.2, 0.25) is 0 Å². The third-order valence-electron chi connectivity index (χ3n) is 5.41. The Hall–Kier alpha value is -3.71. The topological polar surface area (TPSA) is 72.4 Å². The van der Waals surface area contributed by atoms with Crippen LogP contribution in [0.25, 0.3) is 22.0 Å². The van der Waals surface area contributed by atoms with E-state index in [4.69, 9.17) is 9.47 Å². The molecule has 0 spiro atoms. The Labute approximate surface area is 180 Å². The van der Waals surface area contributed by atoms with E-state index in [2.05, 4.69) is 49.4 Å². The molecule has 1 N–H and O–H groups in total. The molecule has 0 saturated carbocycles. The van der Waals surface area contributed by atoms with Crippen LogP contribution < -0.4 is 15.0 Å². The highest BCUT2D eigenvalue weighted by atomic mass is 16.5. The van der Waals surface area contributed by atoms with Crippen LogP contribution in [0.1, 0.15) is 0 Å². The molecule has 0 atom stereocenters. The molecule has 2 aromatic carbocycles. The standard InChI is InChI=1S/C24H23N5O2/c1-30-20-6-4-19(5-7-20)28-24-21-8-2-17(14-22(21)26-16-27-24)18-3-9-23(25-15-18)29-10-12-31-13-11-29/h2-9,14-16H,10-13H2,1H3,(H,26,27,28). The van der Waals surface area contributed by atoms with Gasteiger partial charge in [-0.2, -0.15) is 0 Å². The number of rotatable bonds is 5. The Kier molecular flexibility index (Phi) is 5.33. The first kappa shape index (κ1) is 19.3. The van der Waals surface area contributed by atoms with E-state index in [0.29, 0.717) is 0 Å². The highest BCUT2D eigenvalue weighted by molar-refractivity contribution is 5.93. The molecule has 0 bridgehead atoms. The van der Waals surface area contributed by atoms with Gasteiger partial charge in [0.05, 0.1) is 25.8 Å². The Morgan fingerprint density at radius 3 is 2.45 bits per heavy atom. The monoisotopic (exact) mass is 413 g/mol. The van der Waals surface area contributed by atoms with Crippen LogP contribution in [-0.2, 0) is 4.74 Å². The number of aromatic nitrogens is 3. The molecule has 1 aliphatic rings. The van der Waals surface area contributed by atoms with E-state index < -0.39 is 0 Å². The fraction of sp³-hybridized carbons (Fsp3) is 0.208. The van der Waals surface area contributed by atoms with Gasteiger partial charge in [-0.05, 0) is 54.1 Å². The number of fused-ring (bicyclic) bond motifs is 1. The van der Waals surface area contributed by atoms with Crippen LogP contribution in [0, 0.1) is 0 Å². The summed E-state index contributed by atoms with van der Waals surface area (Å²) < 4.78 is 10.6. The van der Waals surface area contributed by atoms with E-state index in [-0.39, 0.29) is 0 Å². The Morgan fingerprint density at radius 1 is 0.903 bits per heavy atom. The van der Waals surface area contributed by atoms with Crippen LogP contribution in [0.4, 0.5) is 17.3 Å². The maximum Gasteiger partial charge on any atom is 0.141 e. The summed E-state index contributed by atoms with van der Waals surface area (Å²) in [5.74, 6) is 2.57. The number of nitrogens with one attached hydrogen (secondary N) is 1. The van der Waals surface area contributed by atoms with Crippen molar-refractivity contribution in [1.29, 1.82) is 0 Å². The van der Waals surface area contributed by atoms with Gasteiger partial charge in [0.2, 0.25) is 0 Å². The highest BCUT2D eigenvalue weighted by Crippen LogP contribution is 2.29. The molecule has 3 heterocycles. The summed E-state index contributed by atoms with van der Waals surface area (Å²) in [5, 5.41) is 4.32. The van der Waals surface area contributed by atoms with Gasteiger partial charge < -0.3 is 19.7 Å². The molecule has 0 radical (unpaired) electrons. The van der Waals surface area contributed by atoms with Crippen molar-refractivity contribution < 1.29 is 9.47 Å². The molecule has 7 nitrogen and oxygen atoms in total. The summed E-state index contributed by atoms with van der Waals surface area (Å²) in [5.41, 5.74) is 3.94. The van der Waals surface area contributed by atoms with Gasteiger partial charge in [0.25, 0.3) is 0 Å². The molecule has 2 aromatic heterocycles. The number of anilines is 3. The summed E-state index contributed by atoms with van der Waals surface area (Å²) in [6, 6.07) is 18.1. The fourth-order valence-electron chi connectivity index (χ4n) is 3.68. The average Bonchev–Trinajstić information content (AvgIpc) is 2.85. The van der Waals surface area contributed by atoms with Crippen LogP contribution in [-0.4, -0.2) is 48.4 Å². The highest BCUT2D eigenvalue weighted by Gasteiger charge is 2.13. The van der Waals surface area contributed by atoms with Gasteiger partial charge in [-0.1, -0.05) is 6.07 Å². The molecule has 1 saturated heterocycles. The molecule has 1 aliphatic heterocycles. The molecule has 7 heteroatoms. The van der Waals surface area contributed by atoms with Crippen molar-refractivity contribution in [2.24, 2.45) is 0 Å². The van der Waals surface area contributed by atoms with Crippen LogP contribution in [0.15, 0.2) is 67.1 Å². The number of pyridine rings is 1. The lowest BCUT2D eigenvalue weighted by Crippen LogP contribution is -2.36. The zero-order valence-electron chi connectivity index (χ0n) is 17.3. The number of ether oxygens (including phenoxy) is 2. The van der Waals surface area contributed by atoms with Gasteiger partial charge in [-0.15, -0.1) is 0 Å². The van der Waals surface area contributed by atoms with Gasteiger partial charge in [0, 0.05) is 35.9 Å². The van der Waals surface area contributed by atoms with Gasteiger partial charge >= 0.3 is 0 Å². The summed E-state index contributed by atoms with van der Waals surface area (Å²) in [6.45, 7) is 3.26. The number of nitrogens with zero attached hydrogens (tertiary/aromatic N) is 4. The summed E-state index contributed by atoms with van der Waals surface area (Å²) >= 11 is 0. The van der Waals surface area contributed by atoms with Crippen molar-refractivity contribution in [2.75, 3.05) is 43.6 Å². The van der Waals surface area contributed by atoms with Gasteiger partial charge in [0.1, 0.15) is 23.7 Å².